The summed E-state index contributed by atoms with van der Waals surface area (Å²) in [5, 5.41) is 3.83. The third-order valence-corrected chi connectivity index (χ3v) is 4.77. The van der Waals surface area contributed by atoms with Crippen LogP contribution < -0.4 is 4.90 Å². The zero-order chi connectivity index (χ0) is 19.7. The Morgan fingerprint density at radius 2 is 2.07 bits per heavy atom. The number of nitrogens with zero attached hydrogens (tertiary/aromatic N) is 2. The van der Waals surface area contributed by atoms with Crippen LogP contribution in [0.4, 0.5) is 5.69 Å². The number of rotatable bonds is 5. The first-order valence-electron chi connectivity index (χ1n) is 8.94. The van der Waals surface area contributed by atoms with Crippen molar-refractivity contribution in [2.24, 2.45) is 0 Å². The van der Waals surface area contributed by atoms with Crippen LogP contribution in [0.1, 0.15) is 58.5 Å². The molecule has 27 heavy (non-hydrogen) atoms. The number of benzene rings is 1. The van der Waals surface area contributed by atoms with Crippen molar-refractivity contribution in [1.29, 1.82) is 0 Å². The summed E-state index contributed by atoms with van der Waals surface area (Å²) < 4.78 is 10.4. The lowest BCUT2D eigenvalue weighted by Gasteiger charge is -2.16. The quantitative estimate of drug-likeness (QED) is 0.594. The second kappa shape index (κ2) is 7.34. The largest absolute Gasteiger partial charge is 0.451 e. The molecule has 1 aromatic heterocycles. The van der Waals surface area contributed by atoms with Crippen LogP contribution in [0.2, 0.25) is 0 Å². The minimum Gasteiger partial charge on any atom is -0.451 e. The number of fused-ring (bicyclic) bond motifs is 1. The van der Waals surface area contributed by atoms with Crippen molar-refractivity contribution in [3.63, 3.8) is 0 Å². The Morgan fingerprint density at radius 1 is 1.33 bits per heavy atom. The highest BCUT2D eigenvalue weighted by atomic mass is 16.5. The molecule has 0 fully saturated rings. The van der Waals surface area contributed by atoms with Gasteiger partial charge in [0.25, 0.3) is 0 Å². The van der Waals surface area contributed by atoms with Gasteiger partial charge in [0.2, 0.25) is 11.7 Å². The Balaban J connectivity index is 1.75. The normalized spacial score (nSPS) is 14.0. The smallest absolute Gasteiger partial charge is 0.344 e. The third-order valence-electron chi connectivity index (χ3n) is 4.77. The van der Waals surface area contributed by atoms with E-state index in [0.29, 0.717) is 36.4 Å². The molecular weight excluding hydrogens is 348 g/mol. The number of carbonyl (C=O) groups excluding carboxylic acids is 3. The third kappa shape index (κ3) is 3.49. The number of hydrogen-bond acceptors (Lipinski definition) is 6. The highest BCUT2D eigenvalue weighted by molar-refractivity contribution is 6.03. The van der Waals surface area contributed by atoms with E-state index < -0.39 is 12.1 Å². The number of amides is 1. The average Bonchev–Trinajstić information content (AvgIpc) is 3.23. The highest BCUT2D eigenvalue weighted by Crippen LogP contribution is 2.29. The predicted octanol–water partition coefficient (Wildman–Crippen LogP) is 2.88. The molecule has 0 bridgehead atoms. The molecule has 0 unspecified atom stereocenters. The second-order valence-corrected chi connectivity index (χ2v) is 6.59. The number of ether oxygens (including phenoxy) is 1. The zero-order valence-corrected chi connectivity index (χ0v) is 15.9. The maximum atomic E-state index is 12.7. The van der Waals surface area contributed by atoms with Crippen molar-refractivity contribution in [3.8, 4) is 0 Å². The number of carbonyl (C=O) groups is 3. The molecule has 2 heterocycles. The Bertz CT molecular complexity index is 915. The first-order valence-corrected chi connectivity index (χ1v) is 8.94. The Hall–Kier alpha value is -2.96. The van der Waals surface area contributed by atoms with Crippen LogP contribution in [-0.2, 0) is 22.4 Å². The molecule has 0 saturated heterocycles. The van der Waals surface area contributed by atoms with E-state index in [0.717, 1.165) is 11.3 Å². The molecule has 0 aliphatic carbocycles. The molecule has 1 aliphatic rings. The summed E-state index contributed by atoms with van der Waals surface area (Å²) in [5.74, 6) is -0.556. The molecule has 2 aromatic rings. The molecule has 3 rings (SSSR count). The van der Waals surface area contributed by atoms with Gasteiger partial charge in [-0.05, 0) is 50.5 Å². The summed E-state index contributed by atoms with van der Waals surface area (Å²) in [5.41, 5.74) is 3.02. The lowest BCUT2D eigenvalue weighted by Crippen LogP contribution is -2.26. The van der Waals surface area contributed by atoms with Crippen molar-refractivity contribution in [2.75, 3.05) is 11.4 Å². The molecule has 0 N–H and O–H groups in total. The first kappa shape index (κ1) is 18.8. The molecule has 1 amide bonds. The molecular formula is C20H22N2O5. The maximum absolute atomic E-state index is 12.7. The van der Waals surface area contributed by atoms with Crippen LogP contribution in [-0.4, -0.2) is 35.5 Å². The summed E-state index contributed by atoms with van der Waals surface area (Å²) in [6, 6.07) is 5.20. The summed E-state index contributed by atoms with van der Waals surface area (Å²) in [7, 11) is 0. The van der Waals surface area contributed by atoms with Gasteiger partial charge in [-0.3, -0.25) is 9.59 Å². The number of anilines is 1. The summed E-state index contributed by atoms with van der Waals surface area (Å²) in [4.78, 5) is 38.5. The van der Waals surface area contributed by atoms with E-state index >= 15 is 0 Å². The Morgan fingerprint density at radius 3 is 2.74 bits per heavy atom. The van der Waals surface area contributed by atoms with Gasteiger partial charge >= 0.3 is 5.97 Å². The number of aryl methyl sites for hydroxylation is 2. The fourth-order valence-corrected chi connectivity index (χ4v) is 3.31. The summed E-state index contributed by atoms with van der Waals surface area (Å²) in [6.07, 6.45) is 0.283. The Labute approximate surface area is 157 Å². The van der Waals surface area contributed by atoms with Gasteiger partial charge in [0.1, 0.15) is 11.3 Å². The van der Waals surface area contributed by atoms with Crippen molar-refractivity contribution in [2.45, 2.75) is 46.6 Å². The predicted molar refractivity (Wildman–Crippen MR) is 98.0 cm³/mol. The van der Waals surface area contributed by atoms with Gasteiger partial charge in [-0.2, -0.15) is 0 Å². The Kier molecular flexibility index (Phi) is 5.12. The topological polar surface area (TPSA) is 89.7 Å². The van der Waals surface area contributed by atoms with Gasteiger partial charge in [-0.1, -0.05) is 12.1 Å². The highest BCUT2D eigenvalue weighted by Gasteiger charge is 2.28. The zero-order valence-electron chi connectivity index (χ0n) is 15.9. The van der Waals surface area contributed by atoms with Gasteiger partial charge in [0, 0.05) is 24.7 Å². The van der Waals surface area contributed by atoms with Crippen molar-refractivity contribution < 1.29 is 23.6 Å². The van der Waals surface area contributed by atoms with Crippen LogP contribution in [0.25, 0.3) is 0 Å². The van der Waals surface area contributed by atoms with E-state index in [4.69, 9.17) is 9.26 Å². The lowest BCUT2D eigenvalue weighted by molar-refractivity contribution is -0.116. The monoisotopic (exact) mass is 370 g/mol. The van der Waals surface area contributed by atoms with Crippen molar-refractivity contribution >= 4 is 23.3 Å². The first-order chi connectivity index (χ1) is 12.8. The van der Waals surface area contributed by atoms with Crippen molar-refractivity contribution in [3.05, 3.63) is 46.3 Å². The SMILES string of the molecule is CCc1noc(C)c1C(=O)O[C@@H](C)C(=O)c1ccc2c(c1)CCN2C(C)=O. The fourth-order valence-electron chi connectivity index (χ4n) is 3.31. The van der Waals surface area contributed by atoms with Crippen LogP contribution in [0.3, 0.4) is 0 Å². The van der Waals surface area contributed by atoms with Crippen molar-refractivity contribution in [1.82, 2.24) is 5.16 Å². The molecule has 7 nitrogen and oxygen atoms in total. The number of Topliss-reactive ketones (excluding diaryl/α,β-unsaturated/α-hetero) is 1. The molecule has 0 radical (unpaired) electrons. The molecule has 0 spiro atoms. The molecule has 1 atom stereocenters. The number of aromatic nitrogens is 1. The van der Waals surface area contributed by atoms with E-state index in [2.05, 4.69) is 5.16 Å². The van der Waals surface area contributed by atoms with E-state index in [9.17, 15) is 14.4 Å². The van der Waals surface area contributed by atoms with E-state index in [-0.39, 0.29) is 17.3 Å². The number of hydrogen-bond donors (Lipinski definition) is 0. The molecule has 1 aromatic carbocycles. The summed E-state index contributed by atoms with van der Waals surface area (Å²) in [6.45, 7) is 7.17. The van der Waals surface area contributed by atoms with Crippen LogP contribution in [0, 0.1) is 6.92 Å². The van der Waals surface area contributed by atoms with Gasteiger partial charge in [0.05, 0.1) is 5.69 Å². The van der Waals surface area contributed by atoms with Gasteiger partial charge in [-0.15, -0.1) is 0 Å². The molecule has 142 valence electrons. The second-order valence-electron chi connectivity index (χ2n) is 6.59. The number of esters is 1. The minimum atomic E-state index is -0.945. The van der Waals surface area contributed by atoms with Crippen LogP contribution in [0.15, 0.2) is 22.7 Å². The van der Waals surface area contributed by atoms with Gasteiger partial charge < -0.3 is 14.2 Å². The minimum absolute atomic E-state index is 0.0223. The number of ketones is 1. The lowest BCUT2D eigenvalue weighted by atomic mass is 10.0. The maximum Gasteiger partial charge on any atom is 0.344 e. The molecule has 1 aliphatic heterocycles. The summed E-state index contributed by atoms with van der Waals surface area (Å²) >= 11 is 0. The van der Waals surface area contributed by atoms with Crippen LogP contribution in [0.5, 0.6) is 0 Å². The molecule has 0 saturated carbocycles. The average molecular weight is 370 g/mol. The standard InChI is InChI=1S/C20H22N2O5/c1-5-16-18(11(2)27-21-16)20(25)26-12(3)19(24)15-6-7-17-14(10-15)8-9-22(17)13(4)23/h6-7,10,12H,5,8-9H2,1-4H3/t12-/m0/s1. The van der Waals surface area contributed by atoms with E-state index in [1.54, 1.807) is 36.9 Å². The fraction of sp³-hybridized carbons (Fsp3) is 0.400. The van der Waals surface area contributed by atoms with E-state index in [1.165, 1.54) is 6.92 Å². The van der Waals surface area contributed by atoms with Gasteiger partial charge in [0.15, 0.2) is 6.10 Å². The van der Waals surface area contributed by atoms with Crippen LogP contribution >= 0.6 is 0 Å². The van der Waals surface area contributed by atoms with Gasteiger partial charge in [-0.25, -0.2) is 4.79 Å². The van der Waals surface area contributed by atoms with E-state index in [1.807, 2.05) is 6.92 Å². The molecule has 7 heteroatoms.